The van der Waals surface area contributed by atoms with E-state index in [0.29, 0.717) is 38.8 Å². The molecular weight excluding hydrogens is 268 g/mol. The van der Waals surface area contributed by atoms with Crippen molar-refractivity contribution < 1.29 is 9.59 Å². The highest BCUT2D eigenvalue weighted by atomic mass is 16.2. The van der Waals surface area contributed by atoms with Crippen molar-refractivity contribution in [3.05, 3.63) is 0 Å². The average molecular weight is 294 g/mol. The molecule has 6 nitrogen and oxygen atoms in total. The largest absolute Gasteiger partial charge is 0.339 e. The summed E-state index contributed by atoms with van der Waals surface area (Å²) in [5, 5.41) is 3.55. The van der Waals surface area contributed by atoms with E-state index in [4.69, 9.17) is 0 Å². The van der Waals surface area contributed by atoms with Gasteiger partial charge in [0, 0.05) is 52.2 Å². The molecule has 3 saturated heterocycles. The molecule has 3 aliphatic heterocycles. The van der Waals surface area contributed by atoms with Crippen molar-refractivity contribution >= 4 is 11.8 Å². The Balaban J connectivity index is 1.45. The van der Waals surface area contributed by atoms with Crippen LogP contribution >= 0.6 is 0 Å². The normalized spacial score (nSPS) is 30.3. The first kappa shape index (κ1) is 14.8. The van der Waals surface area contributed by atoms with Gasteiger partial charge >= 0.3 is 0 Å². The molecule has 2 unspecified atom stereocenters. The van der Waals surface area contributed by atoms with Gasteiger partial charge in [-0.15, -0.1) is 0 Å². The number of nitrogens with zero attached hydrogens (tertiary/aromatic N) is 3. The third-order valence-corrected chi connectivity index (χ3v) is 5.18. The standard InChI is InChI=1S/C15H26N4O2/c1-12(20)18-6-8-19(9-7-18)15(21)11-17-5-3-14-13(10-17)2-4-16-14/h13-14,16H,2-11H2,1H3. The van der Waals surface area contributed by atoms with Gasteiger partial charge in [0.15, 0.2) is 0 Å². The Kier molecular flexibility index (Phi) is 4.45. The highest BCUT2D eigenvalue weighted by Gasteiger charge is 2.33. The van der Waals surface area contributed by atoms with Crippen LogP contribution in [0.2, 0.25) is 0 Å². The number of likely N-dealkylation sites (tertiary alicyclic amines) is 1. The van der Waals surface area contributed by atoms with E-state index in [-0.39, 0.29) is 11.8 Å². The van der Waals surface area contributed by atoms with Crippen molar-refractivity contribution in [1.29, 1.82) is 0 Å². The molecule has 3 fully saturated rings. The van der Waals surface area contributed by atoms with E-state index in [1.165, 1.54) is 6.42 Å². The summed E-state index contributed by atoms with van der Waals surface area (Å²) in [5.41, 5.74) is 0. The van der Waals surface area contributed by atoms with Crippen LogP contribution in [0.4, 0.5) is 0 Å². The molecule has 118 valence electrons. The maximum atomic E-state index is 12.4. The van der Waals surface area contributed by atoms with Crippen molar-refractivity contribution in [2.45, 2.75) is 25.8 Å². The summed E-state index contributed by atoms with van der Waals surface area (Å²) >= 11 is 0. The molecule has 21 heavy (non-hydrogen) atoms. The fourth-order valence-corrected chi connectivity index (χ4v) is 3.83. The van der Waals surface area contributed by atoms with Crippen molar-refractivity contribution in [3.63, 3.8) is 0 Å². The number of rotatable bonds is 2. The second kappa shape index (κ2) is 6.32. The number of carbonyl (C=O) groups is 2. The van der Waals surface area contributed by atoms with Crippen LogP contribution in [-0.4, -0.2) is 84.9 Å². The second-order valence-corrected chi connectivity index (χ2v) is 6.52. The van der Waals surface area contributed by atoms with Gasteiger partial charge in [0.25, 0.3) is 0 Å². The van der Waals surface area contributed by atoms with Crippen molar-refractivity contribution in [2.24, 2.45) is 5.92 Å². The lowest BCUT2D eigenvalue weighted by molar-refractivity contribution is -0.139. The first-order chi connectivity index (χ1) is 10.1. The Hall–Kier alpha value is -1.14. The molecule has 0 radical (unpaired) electrons. The Labute approximate surface area is 126 Å². The van der Waals surface area contributed by atoms with Crippen molar-refractivity contribution in [3.8, 4) is 0 Å². The molecule has 1 N–H and O–H groups in total. The van der Waals surface area contributed by atoms with Gasteiger partial charge < -0.3 is 15.1 Å². The maximum Gasteiger partial charge on any atom is 0.236 e. The minimum absolute atomic E-state index is 0.109. The summed E-state index contributed by atoms with van der Waals surface area (Å²) in [7, 11) is 0. The van der Waals surface area contributed by atoms with E-state index in [0.717, 1.165) is 32.0 Å². The maximum absolute atomic E-state index is 12.4. The SMILES string of the molecule is CC(=O)N1CCN(C(=O)CN2CCC3NCCC3C2)CC1. The number of piperidine rings is 1. The van der Waals surface area contributed by atoms with Gasteiger partial charge in [-0.1, -0.05) is 0 Å². The Morgan fingerprint density at radius 1 is 1.05 bits per heavy atom. The van der Waals surface area contributed by atoms with E-state index < -0.39 is 0 Å². The zero-order chi connectivity index (χ0) is 14.8. The number of hydrogen-bond acceptors (Lipinski definition) is 4. The summed E-state index contributed by atoms with van der Waals surface area (Å²) in [5.74, 6) is 1.06. The fourth-order valence-electron chi connectivity index (χ4n) is 3.83. The van der Waals surface area contributed by atoms with Crippen molar-refractivity contribution in [2.75, 3.05) is 52.4 Å². The number of carbonyl (C=O) groups excluding carboxylic acids is 2. The molecule has 0 bridgehead atoms. The van der Waals surface area contributed by atoms with Gasteiger partial charge in [0.2, 0.25) is 11.8 Å². The predicted molar refractivity (Wildman–Crippen MR) is 79.8 cm³/mol. The van der Waals surface area contributed by atoms with Crippen LogP contribution in [0.5, 0.6) is 0 Å². The lowest BCUT2D eigenvalue weighted by Crippen LogP contribution is -2.53. The molecular formula is C15H26N4O2. The quantitative estimate of drug-likeness (QED) is 0.736. The van der Waals surface area contributed by atoms with E-state index in [9.17, 15) is 9.59 Å². The molecule has 0 aromatic carbocycles. The number of piperazine rings is 1. The van der Waals surface area contributed by atoms with E-state index in [1.54, 1.807) is 6.92 Å². The van der Waals surface area contributed by atoms with Gasteiger partial charge in [-0.2, -0.15) is 0 Å². The minimum atomic E-state index is 0.109. The lowest BCUT2D eigenvalue weighted by atomic mass is 9.93. The zero-order valence-electron chi connectivity index (χ0n) is 12.9. The summed E-state index contributed by atoms with van der Waals surface area (Å²) in [6.07, 6.45) is 2.41. The Morgan fingerprint density at radius 2 is 1.76 bits per heavy atom. The van der Waals surface area contributed by atoms with E-state index in [2.05, 4.69) is 10.2 Å². The number of fused-ring (bicyclic) bond motifs is 1. The molecule has 0 spiro atoms. The molecule has 3 aliphatic rings. The number of amides is 2. The van der Waals surface area contributed by atoms with Crippen LogP contribution < -0.4 is 5.32 Å². The van der Waals surface area contributed by atoms with Crippen LogP contribution in [-0.2, 0) is 9.59 Å². The number of hydrogen-bond donors (Lipinski definition) is 1. The predicted octanol–water partition coefficient (Wildman–Crippen LogP) is -0.639. The van der Waals surface area contributed by atoms with Gasteiger partial charge in [0.05, 0.1) is 6.54 Å². The first-order valence-corrected chi connectivity index (χ1v) is 8.12. The summed E-state index contributed by atoms with van der Waals surface area (Å²) in [4.78, 5) is 29.8. The fraction of sp³-hybridized carbons (Fsp3) is 0.867. The van der Waals surface area contributed by atoms with E-state index >= 15 is 0 Å². The smallest absolute Gasteiger partial charge is 0.236 e. The Morgan fingerprint density at radius 3 is 2.48 bits per heavy atom. The third kappa shape index (κ3) is 3.37. The zero-order valence-corrected chi connectivity index (χ0v) is 12.9. The lowest BCUT2D eigenvalue weighted by Gasteiger charge is -2.38. The summed E-state index contributed by atoms with van der Waals surface area (Å²) in [6.45, 7) is 8.06. The van der Waals surface area contributed by atoms with Gasteiger partial charge in [-0.05, 0) is 25.3 Å². The van der Waals surface area contributed by atoms with Gasteiger partial charge in [-0.3, -0.25) is 14.5 Å². The average Bonchev–Trinajstić information content (AvgIpc) is 2.95. The van der Waals surface area contributed by atoms with Crippen LogP contribution in [0.25, 0.3) is 0 Å². The number of nitrogens with one attached hydrogen (secondary N) is 1. The van der Waals surface area contributed by atoms with Crippen LogP contribution in [0.1, 0.15) is 19.8 Å². The molecule has 0 saturated carbocycles. The molecule has 0 aliphatic carbocycles. The molecule has 3 heterocycles. The van der Waals surface area contributed by atoms with Crippen LogP contribution in [0.15, 0.2) is 0 Å². The topological polar surface area (TPSA) is 55.9 Å². The highest BCUT2D eigenvalue weighted by molar-refractivity contribution is 5.79. The molecule has 0 aromatic heterocycles. The summed E-state index contributed by atoms with van der Waals surface area (Å²) < 4.78 is 0. The molecule has 2 atom stereocenters. The first-order valence-electron chi connectivity index (χ1n) is 8.12. The molecule has 3 rings (SSSR count). The third-order valence-electron chi connectivity index (χ3n) is 5.18. The van der Waals surface area contributed by atoms with Crippen LogP contribution in [0.3, 0.4) is 0 Å². The second-order valence-electron chi connectivity index (χ2n) is 6.52. The van der Waals surface area contributed by atoms with Crippen molar-refractivity contribution in [1.82, 2.24) is 20.0 Å². The van der Waals surface area contributed by atoms with Gasteiger partial charge in [0.1, 0.15) is 0 Å². The molecule has 6 heteroatoms. The Bertz CT molecular complexity index is 406. The van der Waals surface area contributed by atoms with Crippen LogP contribution in [0, 0.1) is 5.92 Å². The highest BCUT2D eigenvalue weighted by Crippen LogP contribution is 2.24. The monoisotopic (exact) mass is 294 g/mol. The molecule has 2 amide bonds. The molecule has 0 aromatic rings. The van der Waals surface area contributed by atoms with E-state index in [1.807, 2.05) is 9.80 Å². The van der Waals surface area contributed by atoms with Gasteiger partial charge in [-0.25, -0.2) is 0 Å². The summed E-state index contributed by atoms with van der Waals surface area (Å²) in [6, 6.07) is 0.676. The minimum Gasteiger partial charge on any atom is -0.339 e.